The van der Waals surface area contributed by atoms with E-state index in [9.17, 15) is 14.4 Å². The molecule has 1 aromatic rings. The molecular weight excluding hydrogens is 244 g/mol. The van der Waals surface area contributed by atoms with Crippen LogP contribution in [0.15, 0.2) is 53.8 Å². The Morgan fingerprint density at radius 3 is 2.47 bits per heavy atom. The van der Waals surface area contributed by atoms with E-state index >= 15 is 0 Å². The minimum Gasteiger partial charge on any atom is -0.423 e. The van der Waals surface area contributed by atoms with Crippen molar-refractivity contribution in [1.82, 2.24) is 0 Å². The van der Waals surface area contributed by atoms with Crippen LogP contribution < -0.4 is 0 Å². The summed E-state index contributed by atoms with van der Waals surface area (Å²) in [5.74, 6) is 1.67. The van der Waals surface area contributed by atoms with Gasteiger partial charge in [0.05, 0.1) is 5.56 Å². The van der Waals surface area contributed by atoms with Gasteiger partial charge >= 0.3 is 5.97 Å². The van der Waals surface area contributed by atoms with Gasteiger partial charge in [0.15, 0.2) is 0 Å². The molecule has 0 N–H and O–H groups in total. The quantitative estimate of drug-likeness (QED) is 0.471. The van der Waals surface area contributed by atoms with Gasteiger partial charge in [0, 0.05) is 17.6 Å². The lowest BCUT2D eigenvalue weighted by Gasteiger charge is -2.08. The van der Waals surface area contributed by atoms with Crippen LogP contribution in [0.25, 0.3) is 0 Å². The number of esters is 1. The van der Waals surface area contributed by atoms with Gasteiger partial charge in [-0.15, -0.1) is 0 Å². The second-order valence-corrected chi connectivity index (χ2v) is 3.90. The lowest BCUT2D eigenvalue weighted by atomic mass is 10.1. The summed E-state index contributed by atoms with van der Waals surface area (Å²) >= 11 is 0. The highest BCUT2D eigenvalue weighted by molar-refractivity contribution is 5.91. The van der Waals surface area contributed by atoms with Crippen LogP contribution in [0.5, 0.6) is 0 Å². The molecule has 0 saturated heterocycles. The van der Waals surface area contributed by atoms with E-state index in [1.54, 1.807) is 36.3 Å². The van der Waals surface area contributed by atoms with Gasteiger partial charge in [0.25, 0.3) is 0 Å². The maximum Gasteiger partial charge on any atom is 0.343 e. The monoisotopic (exact) mass is 254 g/mol. The van der Waals surface area contributed by atoms with E-state index in [-0.39, 0.29) is 0 Å². The largest absolute Gasteiger partial charge is 0.423 e. The molecule has 0 radical (unpaired) electrons. The lowest BCUT2D eigenvalue weighted by molar-refractivity contribution is 0.0635. The molecule has 0 atom stereocenters. The highest BCUT2D eigenvalue weighted by Crippen LogP contribution is 2.16. The van der Waals surface area contributed by atoms with E-state index in [1.807, 2.05) is 0 Å². The van der Waals surface area contributed by atoms with E-state index in [0.717, 1.165) is 0 Å². The fourth-order valence-electron chi connectivity index (χ4n) is 1.54. The molecule has 0 aromatic heterocycles. The van der Waals surface area contributed by atoms with Crippen molar-refractivity contribution in [2.75, 3.05) is 0 Å². The first-order valence-electron chi connectivity index (χ1n) is 5.62. The Labute approximate surface area is 109 Å². The second-order valence-electron chi connectivity index (χ2n) is 3.90. The predicted molar refractivity (Wildman–Crippen MR) is 68.3 cm³/mol. The molecule has 0 aliphatic heterocycles. The minimum atomic E-state index is -0.508. The van der Waals surface area contributed by atoms with Crippen LogP contribution in [-0.4, -0.2) is 18.2 Å². The van der Waals surface area contributed by atoms with Gasteiger partial charge < -0.3 is 4.74 Å². The summed E-state index contributed by atoms with van der Waals surface area (Å²) in [6, 6.07) is 6.13. The summed E-state index contributed by atoms with van der Waals surface area (Å²) in [7, 11) is 0. The Morgan fingerprint density at radius 1 is 1.21 bits per heavy atom. The molecule has 1 aliphatic rings. The molecule has 19 heavy (non-hydrogen) atoms. The van der Waals surface area contributed by atoms with Gasteiger partial charge in [-0.05, 0) is 30.4 Å². The van der Waals surface area contributed by atoms with E-state index in [2.05, 4.69) is 0 Å². The molecule has 2 rings (SSSR count). The number of aldehydes is 1. The Kier molecular flexibility index (Phi) is 3.86. The fourth-order valence-corrected chi connectivity index (χ4v) is 1.54. The molecule has 0 fully saturated rings. The van der Waals surface area contributed by atoms with Crippen molar-refractivity contribution >= 4 is 18.2 Å². The first-order valence-corrected chi connectivity index (χ1v) is 5.62. The van der Waals surface area contributed by atoms with Crippen molar-refractivity contribution in [3.8, 4) is 0 Å². The SMILES string of the molecule is O=C=C1C=CC(OC(=O)c2ccc(C=O)cc2)=CC1. The number of carbonyl (C=O) groups excluding carboxylic acids is 3. The van der Waals surface area contributed by atoms with Gasteiger partial charge in [-0.3, -0.25) is 4.79 Å². The summed E-state index contributed by atoms with van der Waals surface area (Å²) in [4.78, 5) is 32.7. The average Bonchev–Trinajstić information content (AvgIpc) is 2.48. The van der Waals surface area contributed by atoms with Gasteiger partial charge in [-0.2, -0.15) is 0 Å². The molecule has 1 aromatic carbocycles. The van der Waals surface area contributed by atoms with Gasteiger partial charge in [-0.1, -0.05) is 12.1 Å². The normalized spacial score (nSPS) is 13.5. The van der Waals surface area contributed by atoms with Crippen molar-refractivity contribution in [2.45, 2.75) is 6.42 Å². The number of ether oxygens (including phenoxy) is 1. The molecule has 4 nitrogen and oxygen atoms in total. The zero-order valence-electron chi connectivity index (χ0n) is 9.96. The Hall–Kier alpha value is -2.71. The number of benzene rings is 1. The Balaban J connectivity index is 2.05. The summed E-state index contributed by atoms with van der Waals surface area (Å²) in [6.45, 7) is 0. The highest BCUT2D eigenvalue weighted by Gasteiger charge is 2.11. The number of carbonyl (C=O) groups is 2. The van der Waals surface area contributed by atoms with E-state index in [1.165, 1.54) is 12.1 Å². The smallest absolute Gasteiger partial charge is 0.343 e. The molecule has 94 valence electrons. The fraction of sp³-hybridized carbons (Fsp3) is 0.0667. The van der Waals surface area contributed by atoms with Gasteiger partial charge in [-0.25, -0.2) is 9.59 Å². The minimum absolute atomic E-state index is 0.358. The van der Waals surface area contributed by atoms with E-state index < -0.39 is 5.97 Å². The molecule has 0 amide bonds. The third-order valence-electron chi connectivity index (χ3n) is 2.60. The van der Waals surface area contributed by atoms with Crippen molar-refractivity contribution in [2.24, 2.45) is 0 Å². The van der Waals surface area contributed by atoms with Gasteiger partial charge in [0.1, 0.15) is 18.0 Å². The number of hydrogen-bond donors (Lipinski definition) is 0. The van der Waals surface area contributed by atoms with Crippen LogP contribution in [0.4, 0.5) is 0 Å². The first kappa shape index (κ1) is 12.7. The summed E-state index contributed by atoms with van der Waals surface area (Å²) in [5.41, 5.74) is 1.36. The molecule has 1 aliphatic carbocycles. The summed E-state index contributed by atoms with van der Waals surface area (Å²) in [5, 5.41) is 0. The molecule has 0 saturated carbocycles. The van der Waals surface area contributed by atoms with Crippen LogP contribution >= 0.6 is 0 Å². The van der Waals surface area contributed by atoms with Crippen LogP contribution in [0.1, 0.15) is 27.1 Å². The second kappa shape index (κ2) is 5.76. The van der Waals surface area contributed by atoms with Crippen molar-refractivity contribution in [3.63, 3.8) is 0 Å². The average molecular weight is 254 g/mol. The van der Waals surface area contributed by atoms with Crippen LogP contribution in [-0.2, 0) is 9.53 Å². The molecule has 4 heteroatoms. The zero-order chi connectivity index (χ0) is 13.7. The topological polar surface area (TPSA) is 60.4 Å². The zero-order valence-corrected chi connectivity index (χ0v) is 9.96. The lowest BCUT2D eigenvalue weighted by Crippen LogP contribution is -2.05. The van der Waals surface area contributed by atoms with Crippen LogP contribution in [0, 0.1) is 0 Å². The molecule has 0 bridgehead atoms. The van der Waals surface area contributed by atoms with E-state index in [4.69, 9.17) is 4.74 Å². The van der Waals surface area contributed by atoms with Crippen molar-refractivity contribution < 1.29 is 19.1 Å². The maximum atomic E-state index is 11.8. The van der Waals surface area contributed by atoms with Crippen LogP contribution in [0.2, 0.25) is 0 Å². The number of hydrogen-bond acceptors (Lipinski definition) is 4. The Morgan fingerprint density at radius 2 is 1.95 bits per heavy atom. The van der Waals surface area contributed by atoms with Crippen molar-refractivity contribution in [3.05, 3.63) is 65.0 Å². The Bertz CT molecular complexity index is 614. The third kappa shape index (κ3) is 3.15. The van der Waals surface area contributed by atoms with Crippen LogP contribution in [0.3, 0.4) is 0 Å². The molecule has 0 unspecified atom stereocenters. The maximum absolute atomic E-state index is 11.8. The molecule has 0 spiro atoms. The highest BCUT2D eigenvalue weighted by atomic mass is 16.5. The first-order chi connectivity index (χ1) is 9.22. The van der Waals surface area contributed by atoms with Gasteiger partial charge in [0.2, 0.25) is 0 Å². The summed E-state index contributed by atoms with van der Waals surface area (Å²) < 4.78 is 5.15. The number of allylic oxidation sites excluding steroid dienone is 4. The molecule has 0 heterocycles. The van der Waals surface area contributed by atoms with E-state index in [0.29, 0.717) is 35.2 Å². The van der Waals surface area contributed by atoms with Crippen molar-refractivity contribution in [1.29, 1.82) is 0 Å². The summed E-state index contributed by atoms with van der Waals surface area (Å²) in [6.07, 6.45) is 5.84. The third-order valence-corrected chi connectivity index (χ3v) is 2.60. The standard InChI is InChI=1S/C15H10O4/c16-9-11-1-5-13(6-2-11)15(18)19-14-7-3-12(10-17)4-8-14/h1-3,5-9H,4H2. The number of rotatable bonds is 3. The molecular formula is C15H10O4. The predicted octanol–water partition coefficient (Wildman–Crippen LogP) is 2.26.